The summed E-state index contributed by atoms with van der Waals surface area (Å²) in [6.07, 6.45) is 3.08. The Morgan fingerprint density at radius 1 is 0.684 bits per heavy atom. The molecule has 0 spiro atoms. The lowest BCUT2D eigenvalue weighted by Crippen LogP contribution is -2.29. The molecule has 2 aromatic carbocycles. The molecule has 2 aromatic rings. The van der Waals surface area contributed by atoms with Crippen molar-refractivity contribution >= 4 is 0 Å². The van der Waals surface area contributed by atoms with Crippen molar-refractivity contribution in [2.75, 3.05) is 0 Å². The minimum atomic E-state index is 0.347. The highest BCUT2D eigenvalue weighted by molar-refractivity contribution is 5.42. The fourth-order valence-corrected chi connectivity index (χ4v) is 4.43. The van der Waals surface area contributed by atoms with Crippen LogP contribution in [0.15, 0.2) is 48.5 Å². The number of hydrogen-bond acceptors (Lipinski definition) is 1. The van der Waals surface area contributed by atoms with Crippen LogP contribution in [-0.2, 0) is 17.6 Å². The molecule has 0 radical (unpaired) electrons. The smallest absolute Gasteiger partial charge is 0.0872 e. The van der Waals surface area contributed by atoms with Gasteiger partial charge >= 0.3 is 0 Å². The predicted octanol–water partition coefficient (Wildman–Crippen LogP) is 3.84. The Labute approximate surface area is 113 Å². The molecule has 4 atom stereocenters. The van der Waals surface area contributed by atoms with E-state index in [0.29, 0.717) is 24.0 Å². The number of ether oxygens (including phenoxy) is 1. The Morgan fingerprint density at radius 3 is 1.68 bits per heavy atom. The molecule has 3 aliphatic rings. The van der Waals surface area contributed by atoms with Gasteiger partial charge in [-0.3, -0.25) is 0 Å². The largest absolute Gasteiger partial charge is 0.365 e. The van der Waals surface area contributed by atoms with Gasteiger partial charge in [0.05, 0.1) is 12.2 Å². The average Bonchev–Trinajstić information content (AvgIpc) is 3.02. The van der Waals surface area contributed by atoms with Crippen molar-refractivity contribution in [2.24, 2.45) is 11.8 Å². The topological polar surface area (TPSA) is 9.23 Å². The molecule has 2 aliphatic heterocycles. The number of rotatable bonds is 0. The van der Waals surface area contributed by atoms with Crippen molar-refractivity contribution in [3.8, 4) is 0 Å². The van der Waals surface area contributed by atoms with E-state index in [1.54, 1.807) is 0 Å². The monoisotopic (exact) mass is 248 g/mol. The number of benzene rings is 2. The molecule has 2 bridgehead atoms. The summed E-state index contributed by atoms with van der Waals surface area (Å²) in [7, 11) is 0. The molecule has 94 valence electrons. The zero-order chi connectivity index (χ0) is 12.4. The molecule has 0 amide bonds. The molecule has 1 heteroatoms. The highest BCUT2D eigenvalue weighted by Gasteiger charge is 2.53. The zero-order valence-electron chi connectivity index (χ0n) is 10.8. The number of hydrogen-bond donors (Lipinski definition) is 0. The van der Waals surface area contributed by atoms with Crippen molar-refractivity contribution in [1.29, 1.82) is 0 Å². The fraction of sp³-hybridized carbons (Fsp3) is 0.333. The molecule has 1 fully saturated rings. The van der Waals surface area contributed by atoms with E-state index in [9.17, 15) is 0 Å². The first kappa shape index (κ1) is 10.2. The van der Waals surface area contributed by atoms with Crippen molar-refractivity contribution < 1.29 is 4.74 Å². The second-order valence-electron chi connectivity index (χ2n) is 6.11. The van der Waals surface area contributed by atoms with Gasteiger partial charge in [-0.25, -0.2) is 0 Å². The molecule has 1 nitrogen and oxygen atoms in total. The van der Waals surface area contributed by atoms with Gasteiger partial charge in [-0.15, -0.1) is 0 Å². The predicted molar refractivity (Wildman–Crippen MR) is 73.8 cm³/mol. The second-order valence-corrected chi connectivity index (χ2v) is 6.11. The molecular formula is C18H16O. The molecule has 1 saturated heterocycles. The summed E-state index contributed by atoms with van der Waals surface area (Å²) >= 11 is 0. The van der Waals surface area contributed by atoms with Crippen LogP contribution < -0.4 is 0 Å². The quantitative estimate of drug-likeness (QED) is 0.688. The lowest BCUT2D eigenvalue weighted by atomic mass is 9.67. The maximum atomic E-state index is 6.32. The second kappa shape index (κ2) is 3.49. The van der Waals surface area contributed by atoms with E-state index < -0.39 is 0 Å². The van der Waals surface area contributed by atoms with Crippen LogP contribution in [0.4, 0.5) is 0 Å². The molecule has 0 aromatic heterocycles. The minimum Gasteiger partial charge on any atom is -0.365 e. The third-order valence-electron chi connectivity index (χ3n) is 5.26. The van der Waals surface area contributed by atoms with Crippen LogP contribution in [0, 0.1) is 11.8 Å². The van der Waals surface area contributed by atoms with E-state index in [1.807, 2.05) is 0 Å². The van der Waals surface area contributed by atoms with Gasteiger partial charge in [0.2, 0.25) is 0 Å². The van der Waals surface area contributed by atoms with Gasteiger partial charge in [0.25, 0.3) is 0 Å². The average molecular weight is 248 g/mol. The van der Waals surface area contributed by atoms with E-state index in [1.165, 1.54) is 35.1 Å². The summed E-state index contributed by atoms with van der Waals surface area (Å²) in [6.45, 7) is 0. The van der Waals surface area contributed by atoms with E-state index in [2.05, 4.69) is 48.5 Å². The van der Waals surface area contributed by atoms with E-state index in [4.69, 9.17) is 4.74 Å². The first-order valence-corrected chi connectivity index (χ1v) is 7.23. The van der Waals surface area contributed by atoms with Gasteiger partial charge in [-0.2, -0.15) is 0 Å². The standard InChI is InChI=1S/C18H16O/c1-2-6-12-10-16-15(9-11(12)5-1)17-13-7-3-4-8-14(13)18(16)19-17/h1-8,15-18H,9-10H2. The van der Waals surface area contributed by atoms with Crippen LogP contribution in [-0.4, -0.2) is 0 Å². The SMILES string of the molecule is c1ccc2c(c1)CC1C3OC(c4ccccc43)C1C2. The van der Waals surface area contributed by atoms with Crippen LogP contribution in [0.25, 0.3) is 0 Å². The van der Waals surface area contributed by atoms with Gasteiger partial charge in [0.15, 0.2) is 0 Å². The molecular weight excluding hydrogens is 232 g/mol. The van der Waals surface area contributed by atoms with Crippen LogP contribution in [0.3, 0.4) is 0 Å². The molecule has 5 rings (SSSR count). The highest BCUT2D eigenvalue weighted by Crippen LogP contribution is 2.60. The molecule has 0 saturated carbocycles. The summed E-state index contributed by atoms with van der Waals surface area (Å²) in [5.74, 6) is 1.38. The molecule has 0 N–H and O–H groups in total. The van der Waals surface area contributed by atoms with Crippen molar-refractivity contribution in [1.82, 2.24) is 0 Å². The maximum absolute atomic E-state index is 6.32. The Kier molecular flexibility index (Phi) is 1.88. The molecule has 1 aliphatic carbocycles. The summed E-state index contributed by atoms with van der Waals surface area (Å²) in [5, 5.41) is 0. The van der Waals surface area contributed by atoms with Gasteiger partial charge in [-0.05, 0) is 46.9 Å². The van der Waals surface area contributed by atoms with E-state index in [0.717, 1.165) is 0 Å². The molecule has 4 unspecified atom stereocenters. The molecule has 2 heterocycles. The van der Waals surface area contributed by atoms with Crippen molar-refractivity contribution in [3.05, 3.63) is 70.8 Å². The van der Waals surface area contributed by atoms with Crippen LogP contribution in [0.5, 0.6) is 0 Å². The highest BCUT2D eigenvalue weighted by atomic mass is 16.5. The lowest BCUT2D eigenvalue weighted by Gasteiger charge is -2.34. The first-order chi connectivity index (χ1) is 9.42. The van der Waals surface area contributed by atoms with Gasteiger partial charge in [0, 0.05) is 0 Å². The summed E-state index contributed by atoms with van der Waals surface area (Å²) in [4.78, 5) is 0. The Balaban J connectivity index is 1.62. The lowest BCUT2D eigenvalue weighted by molar-refractivity contribution is 0.0546. The minimum absolute atomic E-state index is 0.347. The van der Waals surface area contributed by atoms with Gasteiger partial charge in [0.1, 0.15) is 0 Å². The Morgan fingerprint density at radius 2 is 1.16 bits per heavy atom. The molecule has 19 heavy (non-hydrogen) atoms. The Hall–Kier alpha value is -1.60. The van der Waals surface area contributed by atoms with Crippen molar-refractivity contribution in [3.63, 3.8) is 0 Å². The van der Waals surface area contributed by atoms with Crippen LogP contribution in [0.2, 0.25) is 0 Å². The summed E-state index contributed by atoms with van der Waals surface area (Å²) in [5.41, 5.74) is 5.98. The summed E-state index contributed by atoms with van der Waals surface area (Å²) < 4.78 is 6.32. The Bertz CT molecular complexity index is 604. The zero-order valence-corrected chi connectivity index (χ0v) is 10.8. The third-order valence-corrected chi connectivity index (χ3v) is 5.26. The van der Waals surface area contributed by atoms with Crippen molar-refractivity contribution in [2.45, 2.75) is 25.0 Å². The van der Waals surface area contributed by atoms with E-state index >= 15 is 0 Å². The third kappa shape index (κ3) is 1.24. The normalized spacial score (nSPS) is 33.7. The first-order valence-electron chi connectivity index (χ1n) is 7.23. The number of fused-ring (bicyclic) bond motifs is 9. The van der Waals surface area contributed by atoms with E-state index in [-0.39, 0.29) is 0 Å². The maximum Gasteiger partial charge on any atom is 0.0872 e. The van der Waals surface area contributed by atoms with Crippen LogP contribution >= 0.6 is 0 Å². The fourth-order valence-electron chi connectivity index (χ4n) is 4.43. The van der Waals surface area contributed by atoms with Gasteiger partial charge in [-0.1, -0.05) is 48.5 Å². The van der Waals surface area contributed by atoms with Crippen LogP contribution in [0.1, 0.15) is 34.5 Å². The van der Waals surface area contributed by atoms with Gasteiger partial charge < -0.3 is 4.74 Å². The summed E-state index contributed by atoms with van der Waals surface area (Å²) in [6, 6.07) is 17.7.